The van der Waals surface area contributed by atoms with E-state index >= 15 is 0 Å². The lowest BCUT2D eigenvalue weighted by atomic mass is 10.1. The minimum Gasteiger partial charge on any atom is -0.320 e. The van der Waals surface area contributed by atoms with E-state index in [1.807, 2.05) is 6.92 Å². The van der Waals surface area contributed by atoms with E-state index in [0.29, 0.717) is 13.1 Å². The Morgan fingerprint density at radius 3 is 2.93 bits per heavy atom. The minimum absolute atomic E-state index is 0.177. The van der Waals surface area contributed by atoms with Crippen LogP contribution in [0.4, 0.5) is 4.79 Å². The summed E-state index contributed by atoms with van der Waals surface area (Å²) in [6.45, 7) is 3.23. The van der Waals surface area contributed by atoms with Gasteiger partial charge in [-0.05, 0) is 13.3 Å². The highest BCUT2D eigenvalue weighted by molar-refractivity contribution is 6.19. The number of nitrogens with zero attached hydrogens (tertiary/aromatic N) is 1. The molecule has 0 aromatic carbocycles. The topological polar surface area (TPSA) is 49.4 Å². The van der Waals surface area contributed by atoms with Crippen LogP contribution < -0.4 is 5.32 Å². The van der Waals surface area contributed by atoms with Gasteiger partial charge in [-0.1, -0.05) is 11.6 Å². The first-order chi connectivity index (χ1) is 7.13. The third kappa shape index (κ3) is 3.91. The smallest absolute Gasteiger partial charge is 0.320 e. The van der Waals surface area contributed by atoms with Gasteiger partial charge in [0.2, 0.25) is 5.91 Å². The van der Waals surface area contributed by atoms with Crippen molar-refractivity contribution in [3.8, 4) is 0 Å². The SMILES string of the molecule is CC1=CCCN(C(=O)NC(=O)CCCl)C1. The lowest BCUT2D eigenvalue weighted by Gasteiger charge is -2.25. The summed E-state index contributed by atoms with van der Waals surface area (Å²) in [6.07, 6.45) is 3.13. The van der Waals surface area contributed by atoms with Crippen LogP contribution in [-0.4, -0.2) is 35.8 Å². The molecule has 0 aromatic heterocycles. The van der Waals surface area contributed by atoms with Gasteiger partial charge in [-0.15, -0.1) is 11.6 Å². The Hall–Kier alpha value is -1.03. The molecular weight excluding hydrogens is 216 g/mol. The maximum atomic E-state index is 11.6. The largest absolute Gasteiger partial charge is 0.324 e. The van der Waals surface area contributed by atoms with Crippen molar-refractivity contribution in [3.63, 3.8) is 0 Å². The summed E-state index contributed by atoms with van der Waals surface area (Å²) < 4.78 is 0. The van der Waals surface area contributed by atoms with Crippen molar-refractivity contribution in [3.05, 3.63) is 11.6 Å². The van der Waals surface area contributed by atoms with Crippen molar-refractivity contribution in [2.75, 3.05) is 19.0 Å². The Labute approximate surface area is 94.3 Å². The van der Waals surface area contributed by atoms with E-state index in [-0.39, 0.29) is 24.2 Å². The molecule has 0 aromatic rings. The van der Waals surface area contributed by atoms with Crippen molar-refractivity contribution >= 4 is 23.5 Å². The van der Waals surface area contributed by atoms with Gasteiger partial charge in [0.1, 0.15) is 0 Å². The van der Waals surface area contributed by atoms with Crippen LogP contribution in [0, 0.1) is 0 Å². The summed E-state index contributed by atoms with van der Waals surface area (Å²) in [4.78, 5) is 24.3. The number of hydrogen-bond acceptors (Lipinski definition) is 2. The van der Waals surface area contributed by atoms with Crippen molar-refractivity contribution in [1.29, 1.82) is 0 Å². The number of alkyl halides is 1. The maximum absolute atomic E-state index is 11.6. The summed E-state index contributed by atoms with van der Waals surface area (Å²) in [5.41, 5.74) is 1.15. The fraction of sp³-hybridized carbons (Fsp3) is 0.600. The average molecular weight is 231 g/mol. The molecule has 4 nitrogen and oxygen atoms in total. The number of imide groups is 1. The first-order valence-electron chi connectivity index (χ1n) is 4.94. The van der Waals surface area contributed by atoms with Gasteiger partial charge in [-0.2, -0.15) is 0 Å². The number of carbonyl (C=O) groups is 2. The molecule has 0 atom stereocenters. The number of halogens is 1. The third-order valence-electron chi connectivity index (χ3n) is 2.19. The quantitative estimate of drug-likeness (QED) is 0.578. The monoisotopic (exact) mass is 230 g/mol. The molecule has 15 heavy (non-hydrogen) atoms. The van der Waals surface area contributed by atoms with E-state index in [0.717, 1.165) is 12.0 Å². The van der Waals surface area contributed by atoms with Gasteiger partial charge in [-0.25, -0.2) is 4.79 Å². The van der Waals surface area contributed by atoms with Gasteiger partial charge in [0, 0.05) is 25.4 Å². The molecule has 0 aliphatic carbocycles. The van der Waals surface area contributed by atoms with Crippen molar-refractivity contribution in [1.82, 2.24) is 10.2 Å². The Morgan fingerprint density at radius 2 is 2.33 bits per heavy atom. The van der Waals surface area contributed by atoms with E-state index in [1.165, 1.54) is 0 Å². The molecule has 1 aliphatic rings. The van der Waals surface area contributed by atoms with Crippen LogP contribution >= 0.6 is 11.6 Å². The Morgan fingerprint density at radius 1 is 1.60 bits per heavy atom. The molecule has 0 fully saturated rings. The minimum atomic E-state index is -0.322. The van der Waals surface area contributed by atoms with Gasteiger partial charge in [0.25, 0.3) is 0 Å². The summed E-state index contributed by atoms with van der Waals surface area (Å²) in [7, 11) is 0. The lowest BCUT2D eigenvalue weighted by Crippen LogP contribution is -2.45. The molecule has 0 saturated heterocycles. The summed E-state index contributed by atoms with van der Waals surface area (Å²) in [5.74, 6) is -0.0832. The van der Waals surface area contributed by atoms with Crippen LogP contribution in [0.25, 0.3) is 0 Å². The highest BCUT2D eigenvalue weighted by atomic mass is 35.5. The van der Waals surface area contributed by atoms with Crippen LogP contribution in [0.5, 0.6) is 0 Å². The zero-order valence-electron chi connectivity index (χ0n) is 8.75. The van der Waals surface area contributed by atoms with E-state index in [4.69, 9.17) is 11.6 Å². The molecule has 0 spiro atoms. The molecule has 0 bridgehead atoms. The highest BCUT2D eigenvalue weighted by Gasteiger charge is 2.17. The summed E-state index contributed by atoms with van der Waals surface area (Å²) in [5, 5.41) is 2.31. The van der Waals surface area contributed by atoms with Gasteiger partial charge < -0.3 is 4.90 Å². The summed E-state index contributed by atoms with van der Waals surface area (Å²) in [6, 6.07) is -0.322. The van der Waals surface area contributed by atoms with Crippen molar-refractivity contribution in [2.45, 2.75) is 19.8 Å². The van der Waals surface area contributed by atoms with E-state index in [1.54, 1.807) is 4.90 Å². The lowest BCUT2D eigenvalue weighted by molar-refractivity contribution is -0.119. The second kappa shape index (κ2) is 5.75. The maximum Gasteiger partial charge on any atom is 0.324 e. The number of carbonyl (C=O) groups excluding carboxylic acids is 2. The molecule has 0 saturated carbocycles. The first kappa shape index (κ1) is 12.0. The number of urea groups is 1. The molecule has 0 unspecified atom stereocenters. The number of amides is 3. The third-order valence-corrected chi connectivity index (χ3v) is 2.38. The standard InChI is InChI=1S/C10H15ClN2O2/c1-8-3-2-6-13(7-8)10(15)12-9(14)4-5-11/h3H,2,4-7H2,1H3,(H,12,14,15). The predicted octanol–water partition coefficient (Wildman–Crippen LogP) is 1.50. The zero-order valence-corrected chi connectivity index (χ0v) is 9.51. The van der Waals surface area contributed by atoms with Gasteiger partial charge in [0.15, 0.2) is 0 Å². The molecule has 3 amide bonds. The van der Waals surface area contributed by atoms with Crippen LogP contribution in [0.1, 0.15) is 19.8 Å². The molecule has 1 rings (SSSR count). The van der Waals surface area contributed by atoms with Gasteiger partial charge in [-0.3, -0.25) is 10.1 Å². The van der Waals surface area contributed by atoms with Crippen LogP contribution in [0.2, 0.25) is 0 Å². The van der Waals surface area contributed by atoms with Crippen molar-refractivity contribution in [2.24, 2.45) is 0 Å². The van der Waals surface area contributed by atoms with Crippen LogP contribution in [0.15, 0.2) is 11.6 Å². The first-order valence-corrected chi connectivity index (χ1v) is 5.47. The Balaban J connectivity index is 2.40. The van der Waals surface area contributed by atoms with Crippen LogP contribution in [0.3, 0.4) is 0 Å². The molecule has 1 aliphatic heterocycles. The fourth-order valence-corrected chi connectivity index (χ4v) is 1.60. The molecule has 5 heteroatoms. The molecule has 0 radical (unpaired) electrons. The average Bonchev–Trinajstić information content (AvgIpc) is 2.18. The second-order valence-corrected chi connectivity index (χ2v) is 3.93. The van der Waals surface area contributed by atoms with Gasteiger partial charge in [0.05, 0.1) is 0 Å². The van der Waals surface area contributed by atoms with E-state index < -0.39 is 0 Å². The predicted molar refractivity (Wildman–Crippen MR) is 58.8 cm³/mol. The second-order valence-electron chi connectivity index (χ2n) is 3.55. The number of nitrogens with one attached hydrogen (secondary N) is 1. The normalized spacial score (nSPS) is 15.9. The zero-order chi connectivity index (χ0) is 11.3. The Bertz CT molecular complexity index is 289. The van der Waals surface area contributed by atoms with Crippen LogP contribution in [-0.2, 0) is 4.79 Å². The highest BCUT2D eigenvalue weighted by Crippen LogP contribution is 2.08. The molecular formula is C10H15ClN2O2. The molecule has 84 valence electrons. The number of hydrogen-bond donors (Lipinski definition) is 1. The number of rotatable bonds is 2. The molecule has 1 N–H and O–H groups in total. The van der Waals surface area contributed by atoms with Gasteiger partial charge >= 0.3 is 6.03 Å². The fourth-order valence-electron chi connectivity index (χ4n) is 1.43. The summed E-state index contributed by atoms with van der Waals surface area (Å²) >= 11 is 5.39. The van der Waals surface area contributed by atoms with Crippen molar-refractivity contribution < 1.29 is 9.59 Å². The Kier molecular flexibility index (Phi) is 4.62. The van der Waals surface area contributed by atoms with E-state index in [9.17, 15) is 9.59 Å². The molecule has 1 heterocycles. The van der Waals surface area contributed by atoms with E-state index in [2.05, 4.69) is 11.4 Å².